The first kappa shape index (κ1) is 35.5. The number of hydrogen-bond donors (Lipinski definition) is 0. The maximum atomic E-state index is 2.49. The maximum Gasteiger partial charge on any atom is 0.0541 e. The van der Waals surface area contributed by atoms with Crippen LogP contribution in [0.3, 0.4) is 0 Å². The van der Waals surface area contributed by atoms with Crippen LogP contribution in [0.1, 0.15) is 48.6 Å². The van der Waals surface area contributed by atoms with Crippen LogP contribution in [0.2, 0.25) is 0 Å². The quantitative estimate of drug-likeness (QED) is 0.163. The summed E-state index contributed by atoms with van der Waals surface area (Å²) in [4.78, 5) is 2.49. The number of benzene rings is 9. The third-order valence-electron chi connectivity index (χ3n) is 13.9. The molecule has 0 saturated heterocycles. The maximum absolute atomic E-state index is 2.49. The molecule has 0 saturated carbocycles. The molecule has 0 N–H and O–H groups in total. The number of nitrogens with zero attached hydrogens (tertiary/aromatic N) is 2. The zero-order chi connectivity index (χ0) is 40.9. The predicted octanol–water partition coefficient (Wildman–Crippen LogP) is 15.6. The van der Waals surface area contributed by atoms with E-state index in [4.69, 9.17) is 0 Å². The number of fused-ring (bicyclic) bond motifs is 9. The highest BCUT2D eigenvalue weighted by molar-refractivity contribution is 6.09. The second kappa shape index (κ2) is 13.3. The van der Waals surface area contributed by atoms with E-state index in [1.165, 1.54) is 83.0 Å². The third kappa shape index (κ3) is 5.09. The normalized spacial score (nSPS) is 15.7. The van der Waals surface area contributed by atoms with Gasteiger partial charge < -0.3 is 9.47 Å². The summed E-state index contributed by atoms with van der Waals surface area (Å²) in [5.41, 5.74) is 20.9. The van der Waals surface area contributed by atoms with Gasteiger partial charge in [-0.25, -0.2) is 0 Å². The van der Waals surface area contributed by atoms with Crippen LogP contribution in [0.25, 0.3) is 60.9 Å². The monoisotopic (exact) mass is 780 g/mol. The molecule has 2 aliphatic rings. The van der Waals surface area contributed by atoms with E-state index in [0.29, 0.717) is 0 Å². The standard InChI is InChI=1S/C59H44N2/c1-58(2)50-26-12-8-24-49(50)57-48(25-17-28-52(57)58)47-23-11-14-29-54(47)60(40-32-34-41(35-33-40)61-55-30-15-9-21-45(55)46-22-10-16-31-56(46)61)42-36-37-44-43-20-7-13-27-51(43)59(3,53(44)38-42)39-18-5-4-6-19-39/h4-38H,1-3H3. The zero-order valence-corrected chi connectivity index (χ0v) is 34.6. The number of aromatic nitrogens is 1. The van der Waals surface area contributed by atoms with Gasteiger partial charge in [0.2, 0.25) is 0 Å². The number of hydrogen-bond acceptors (Lipinski definition) is 1. The first-order valence-corrected chi connectivity index (χ1v) is 21.4. The molecule has 0 spiro atoms. The first-order valence-electron chi connectivity index (χ1n) is 21.4. The number of anilines is 3. The van der Waals surface area contributed by atoms with Crippen molar-refractivity contribution < 1.29 is 0 Å². The first-order chi connectivity index (χ1) is 29.9. The lowest BCUT2D eigenvalue weighted by atomic mass is 9.74. The summed E-state index contributed by atoms with van der Waals surface area (Å²) >= 11 is 0. The lowest BCUT2D eigenvalue weighted by Gasteiger charge is -2.32. The Balaban J connectivity index is 1.09. The van der Waals surface area contributed by atoms with Gasteiger partial charge in [0.1, 0.15) is 0 Å². The summed E-state index contributed by atoms with van der Waals surface area (Å²) in [6, 6.07) is 78.7. The molecule has 0 radical (unpaired) electrons. The molecule has 10 aromatic rings. The Hall–Kier alpha value is -7.42. The van der Waals surface area contributed by atoms with Crippen molar-refractivity contribution in [2.24, 2.45) is 0 Å². The average Bonchev–Trinajstić information content (AvgIpc) is 3.88. The highest BCUT2D eigenvalue weighted by Gasteiger charge is 2.41. The van der Waals surface area contributed by atoms with Gasteiger partial charge in [0.05, 0.1) is 16.7 Å². The van der Waals surface area contributed by atoms with Crippen molar-refractivity contribution in [3.8, 4) is 39.1 Å². The summed E-state index contributed by atoms with van der Waals surface area (Å²) < 4.78 is 2.40. The van der Waals surface area contributed by atoms with Gasteiger partial charge in [0.25, 0.3) is 0 Å². The fraction of sp³-hybridized carbons (Fsp3) is 0.0847. The van der Waals surface area contributed by atoms with Gasteiger partial charge in [0.15, 0.2) is 0 Å². The van der Waals surface area contributed by atoms with E-state index in [2.05, 4.69) is 243 Å². The van der Waals surface area contributed by atoms with Crippen LogP contribution in [0.5, 0.6) is 0 Å². The Morgan fingerprint density at radius 2 is 0.918 bits per heavy atom. The van der Waals surface area contributed by atoms with Crippen molar-refractivity contribution in [3.05, 3.63) is 240 Å². The van der Waals surface area contributed by atoms with Crippen LogP contribution in [0, 0.1) is 0 Å². The van der Waals surface area contributed by atoms with E-state index in [1.54, 1.807) is 0 Å². The van der Waals surface area contributed by atoms with E-state index < -0.39 is 0 Å². The van der Waals surface area contributed by atoms with Crippen LogP contribution < -0.4 is 4.90 Å². The van der Waals surface area contributed by atoms with Gasteiger partial charge in [0, 0.05) is 44.2 Å². The SMILES string of the molecule is CC1(C)c2ccccc2-c2c(-c3ccccc3N(c3ccc(-n4c5ccccc5c5ccccc54)cc3)c3ccc4c(c3)C(C)(c3ccccc3)c3ccccc3-4)cccc21. The van der Waals surface area contributed by atoms with E-state index in [0.717, 1.165) is 22.7 Å². The molecule has 2 aliphatic carbocycles. The molecule has 1 atom stereocenters. The minimum absolute atomic E-state index is 0.101. The fourth-order valence-corrected chi connectivity index (χ4v) is 11.0. The van der Waals surface area contributed by atoms with Crippen LogP contribution in [0.15, 0.2) is 212 Å². The highest BCUT2D eigenvalue weighted by atomic mass is 15.1. The molecule has 0 aliphatic heterocycles. The second-order valence-electron chi connectivity index (χ2n) is 17.4. The molecule has 0 fully saturated rings. The van der Waals surface area contributed by atoms with Crippen LogP contribution in [0.4, 0.5) is 17.1 Å². The molecule has 2 nitrogen and oxygen atoms in total. The Labute approximate surface area is 357 Å². The second-order valence-corrected chi connectivity index (χ2v) is 17.4. The largest absolute Gasteiger partial charge is 0.310 e. The molecule has 1 aromatic heterocycles. The summed E-state index contributed by atoms with van der Waals surface area (Å²) in [5.74, 6) is 0. The van der Waals surface area contributed by atoms with Gasteiger partial charge in [-0.05, 0) is 117 Å². The van der Waals surface area contributed by atoms with Gasteiger partial charge in [-0.1, -0.05) is 172 Å². The minimum Gasteiger partial charge on any atom is -0.310 e. The summed E-state index contributed by atoms with van der Waals surface area (Å²) in [5, 5.41) is 2.52. The van der Waals surface area contributed by atoms with Crippen molar-refractivity contribution in [1.82, 2.24) is 4.57 Å². The molecular formula is C59H44N2. The van der Waals surface area contributed by atoms with E-state index in [9.17, 15) is 0 Å². The average molecular weight is 781 g/mol. The number of rotatable bonds is 6. The zero-order valence-electron chi connectivity index (χ0n) is 34.6. The van der Waals surface area contributed by atoms with Gasteiger partial charge in [-0.15, -0.1) is 0 Å². The Morgan fingerprint density at radius 3 is 1.66 bits per heavy atom. The highest BCUT2D eigenvalue weighted by Crippen LogP contribution is 2.56. The Bertz CT molecular complexity index is 3300. The molecule has 1 heterocycles. The van der Waals surface area contributed by atoms with Gasteiger partial charge in [-0.3, -0.25) is 0 Å². The van der Waals surface area contributed by atoms with Crippen LogP contribution in [-0.4, -0.2) is 4.57 Å². The summed E-state index contributed by atoms with van der Waals surface area (Å²) in [6.07, 6.45) is 0. The van der Waals surface area contributed by atoms with Crippen molar-refractivity contribution in [3.63, 3.8) is 0 Å². The molecule has 2 heteroatoms. The van der Waals surface area contributed by atoms with Gasteiger partial charge in [-0.2, -0.15) is 0 Å². The van der Waals surface area contributed by atoms with E-state index >= 15 is 0 Å². The molecule has 0 bridgehead atoms. The fourth-order valence-electron chi connectivity index (χ4n) is 11.0. The molecule has 290 valence electrons. The van der Waals surface area contributed by atoms with Crippen molar-refractivity contribution in [2.45, 2.75) is 31.6 Å². The van der Waals surface area contributed by atoms with Crippen LogP contribution >= 0.6 is 0 Å². The van der Waals surface area contributed by atoms with Gasteiger partial charge >= 0.3 is 0 Å². The van der Waals surface area contributed by atoms with Crippen molar-refractivity contribution in [2.75, 3.05) is 4.90 Å². The Kier molecular flexibility index (Phi) is 7.74. The topological polar surface area (TPSA) is 8.17 Å². The van der Waals surface area contributed by atoms with Crippen molar-refractivity contribution >= 4 is 38.9 Å². The predicted molar refractivity (Wildman–Crippen MR) is 256 cm³/mol. The van der Waals surface area contributed by atoms with Crippen molar-refractivity contribution in [1.29, 1.82) is 0 Å². The molecule has 12 rings (SSSR count). The van der Waals surface area contributed by atoms with E-state index in [-0.39, 0.29) is 10.8 Å². The lowest BCUT2D eigenvalue weighted by Crippen LogP contribution is -2.23. The van der Waals surface area contributed by atoms with Crippen LogP contribution in [-0.2, 0) is 10.8 Å². The number of para-hydroxylation sites is 3. The summed E-state index contributed by atoms with van der Waals surface area (Å²) in [7, 11) is 0. The molecule has 61 heavy (non-hydrogen) atoms. The molecular weight excluding hydrogens is 737 g/mol. The third-order valence-corrected chi connectivity index (χ3v) is 13.9. The van der Waals surface area contributed by atoms with E-state index in [1.807, 2.05) is 0 Å². The smallest absolute Gasteiger partial charge is 0.0541 e. The molecule has 9 aromatic carbocycles. The lowest BCUT2D eigenvalue weighted by molar-refractivity contribution is 0.660. The molecule has 0 amide bonds. The summed E-state index contributed by atoms with van der Waals surface area (Å²) in [6.45, 7) is 7.14. The Morgan fingerprint density at radius 1 is 0.377 bits per heavy atom. The molecule has 1 unspecified atom stereocenters. The minimum atomic E-state index is -0.329.